The highest BCUT2D eigenvalue weighted by atomic mass is 32.1. The molecule has 0 N–H and O–H groups in total. The minimum absolute atomic E-state index is 0.125. The van der Waals surface area contributed by atoms with Crippen molar-refractivity contribution in [2.45, 2.75) is 64.3 Å². The molecule has 1 amide bonds. The Morgan fingerprint density at radius 2 is 1.94 bits per heavy atom. The molecule has 2 aromatic heterocycles. The van der Waals surface area contributed by atoms with Crippen LogP contribution in [-0.2, 0) is 13.1 Å². The lowest BCUT2D eigenvalue weighted by atomic mass is 9.99. The van der Waals surface area contributed by atoms with Crippen LogP contribution in [-0.4, -0.2) is 50.6 Å². The third kappa shape index (κ3) is 5.64. The summed E-state index contributed by atoms with van der Waals surface area (Å²) in [7, 11) is 0. The Balaban J connectivity index is 1.37. The van der Waals surface area contributed by atoms with E-state index in [4.69, 9.17) is 0 Å². The van der Waals surface area contributed by atoms with E-state index in [2.05, 4.69) is 27.0 Å². The van der Waals surface area contributed by atoms with Gasteiger partial charge in [0.2, 0.25) is 0 Å². The molecule has 2 atom stereocenters. The van der Waals surface area contributed by atoms with Gasteiger partial charge in [-0.05, 0) is 44.6 Å². The van der Waals surface area contributed by atoms with E-state index in [1.807, 2.05) is 53.1 Å². The number of rotatable bonds is 7. The number of aromatic nitrogens is 3. The summed E-state index contributed by atoms with van der Waals surface area (Å²) in [4.78, 5) is 28.2. The van der Waals surface area contributed by atoms with E-state index in [-0.39, 0.29) is 11.9 Å². The van der Waals surface area contributed by atoms with Gasteiger partial charge in [-0.25, -0.2) is 14.4 Å². The monoisotopic (exact) mass is 493 g/mol. The van der Waals surface area contributed by atoms with E-state index in [9.17, 15) is 9.18 Å². The van der Waals surface area contributed by atoms with Gasteiger partial charge >= 0.3 is 0 Å². The lowest BCUT2D eigenvalue weighted by molar-refractivity contribution is 0.0674. The van der Waals surface area contributed by atoms with Crippen molar-refractivity contribution in [2.24, 2.45) is 0 Å². The van der Waals surface area contributed by atoms with Gasteiger partial charge in [-0.3, -0.25) is 4.79 Å². The Kier molecular flexibility index (Phi) is 7.27. The summed E-state index contributed by atoms with van der Waals surface area (Å²) in [5.74, 6) is 0.671. The minimum atomic E-state index is -0.940. The molecule has 0 spiro atoms. The first kappa shape index (κ1) is 23.7. The van der Waals surface area contributed by atoms with Crippen molar-refractivity contribution in [2.75, 3.05) is 18.0 Å². The number of aryl methyl sites for hydroxylation is 1. The van der Waals surface area contributed by atoms with Gasteiger partial charge in [-0.1, -0.05) is 42.5 Å². The third-order valence-electron chi connectivity index (χ3n) is 6.83. The average Bonchev–Trinajstić information content (AvgIpc) is 3.51. The number of nitrogens with zero attached hydrogens (tertiary/aromatic N) is 5. The van der Waals surface area contributed by atoms with Gasteiger partial charge in [0.25, 0.3) is 5.91 Å². The van der Waals surface area contributed by atoms with Crippen LogP contribution in [0.4, 0.5) is 9.52 Å². The lowest BCUT2D eigenvalue weighted by Crippen LogP contribution is -2.40. The van der Waals surface area contributed by atoms with Gasteiger partial charge in [0, 0.05) is 36.9 Å². The molecule has 5 rings (SSSR count). The zero-order chi connectivity index (χ0) is 24.2. The van der Waals surface area contributed by atoms with Crippen molar-refractivity contribution < 1.29 is 9.18 Å². The number of benzene rings is 1. The maximum atomic E-state index is 13.8. The molecule has 35 heavy (non-hydrogen) atoms. The first-order chi connectivity index (χ1) is 17.1. The molecule has 0 radical (unpaired) electrons. The fourth-order valence-electron chi connectivity index (χ4n) is 4.84. The maximum absolute atomic E-state index is 13.8. The molecule has 1 saturated heterocycles. The Morgan fingerprint density at radius 1 is 1.14 bits per heavy atom. The predicted octanol–water partition coefficient (Wildman–Crippen LogP) is 5.39. The molecule has 6 nitrogen and oxygen atoms in total. The molecule has 184 valence electrons. The average molecular weight is 494 g/mol. The number of hydrogen-bond acceptors (Lipinski definition) is 5. The van der Waals surface area contributed by atoms with Crippen LogP contribution < -0.4 is 4.90 Å². The number of anilines is 1. The number of amides is 1. The molecule has 1 aliphatic heterocycles. The number of hydrogen-bond donors (Lipinski definition) is 0. The molecular weight excluding hydrogens is 461 g/mol. The van der Waals surface area contributed by atoms with E-state index < -0.39 is 6.17 Å². The molecule has 8 heteroatoms. The normalized spacial score (nSPS) is 20.2. The quantitative estimate of drug-likeness (QED) is 0.415. The second-order valence-corrected chi connectivity index (χ2v) is 10.5. The molecule has 3 aromatic rings. The SMILES string of the molecule is Cc1nc(C(=O)N(Cc2cnc(N3CCCCC3)s2)C2C=CC(F)CC2)cn1Cc1ccccc1. The molecule has 1 aliphatic carbocycles. The van der Waals surface area contributed by atoms with Gasteiger partial charge in [0.05, 0.1) is 12.6 Å². The van der Waals surface area contributed by atoms with Crippen molar-refractivity contribution in [1.82, 2.24) is 19.4 Å². The number of piperidine rings is 1. The summed E-state index contributed by atoms with van der Waals surface area (Å²) in [6, 6.07) is 9.99. The molecule has 0 saturated carbocycles. The minimum Gasteiger partial charge on any atom is -0.348 e. The highest BCUT2D eigenvalue weighted by molar-refractivity contribution is 7.15. The number of carbonyl (C=O) groups is 1. The van der Waals surface area contributed by atoms with Crippen molar-refractivity contribution in [3.8, 4) is 0 Å². The molecular formula is C27H32FN5OS. The summed E-state index contributed by atoms with van der Waals surface area (Å²) in [5.41, 5.74) is 1.58. The fourth-order valence-corrected chi connectivity index (χ4v) is 5.80. The van der Waals surface area contributed by atoms with E-state index in [0.717, 1.165) is 34.5 Å². The van der Waals surface area contributed by atoms with Crippen molar-refractivity contribution >= 4 is 22.4 Å². The molecule has 1 fully saturated rings. The van der Waals surface area contributed by atoms with Gasteiger partial charge in [-0.2, -0.15) is 0 Å². The summed E-state index contributed by atoms with van der Waals surface area (Å²) in [5, 5.41) is 1.03. The third-order valence-corrected chi connectivity index (χ3v) is 7.87. The van der Waals surface area contributed by atoms with Crippen LogP contribution in [0.15, 0.2) is 54.9 Å². The lowest BCUT2D eigenvalue weighted by Gasteiger charge is -2.31. The number of carbonyl (C=O) groups excluding carboxylic acids is 1. The topological polar surface area (TPSA) is 54.3 Å². The molecule has 0 bridgehead atoms. The van der Waals surface area contributed by atoms with Gasteiger partial charge in [-0.15, -0.1) is 11.3 Å². The van der Waals surface area contributed by atoms with Crippen LogP contribution in [0.25, 0.3) is 0 Å². The highest BCUT2D eigenvalue weighted by Gasteiger charge is 2.29. The second-order valence-electron chi connectivity index (χ2n) is 9.42. The molecule has 2 aliphatic rings. The molecule has 3 heterocycles. The second kappa shape index (κ2) is 10.7. The standard InChI is InChI=1S/C27H32FN5OS/c1-20-30-25(19-32(20)17-21-8-4-2-5-9-21)26(34)33(23-12-10-22(28)11-13-23)18-24-16-29-27(35-24)31-14-6-3-7-15-31/h2,4-5,8-10,12,16,19,22-23H,3,6-7,11,13-15,17-18H2,1H3. The zero-order valence-electron chi connectivity index (χ0n) is 20.1. The first-order valence-corrected chi connectivity index (χ1v) is 13.3. The smallest absolute Gasteiger partial charge is 0.274 e. The first-order valence-electron chi connectivity index (χ1n) is 12.5. The Labute approximate surface area is 210 Å². The predicted molar refractivity (Wildman–Crippen MR) is 138 cm³/mol. The van der Waals surface area contributed by atoms with Crippen molar-refractivity contribution in [1.29, 1.82) is 0 Å². The van der Waals surface area contributed by atoms with Crippen molar-refractivity contribution in [3.05, 3.63) is 76.8 Å². The van der Waals surface area contributed by atoms with Crippen molar-refractivity contribution in [3.63, 3.8) is 0 Å². The van der Waals surface area contributed by atoms with Crippen LogP contribution in [0.2, 0.25) is 0 Å². The summed E-state index contributed by atoms with van der Waals surface area (Å²) < 4.78 is 15.8. The summed E-state index contributed by atoms with van der Waals surface area (Å²) in [6.45, 7) is 5.11. The van der Waals surface area contributed by atoms with Crippen LogP contribution >= 0.6 is 11.3 Å². The Bertz CT molecular complexity index is 1170. The number of allylic oxidation sites excluding steroid dienone is 1. The van der Waals surface area contributed by atoms with Gasteiger partial charge < -0.3 is 14.4 Å². The highest BCUT2D eigenvalue weighted by Crippen LogP contribution is 2.29. The fraction of sp³-hybridized carbons (Fsp3) is 0.444. The number of halogens is 1. The maximum Gasteiger partial charge on any atom is 0.274 e. The molecule has 2 unspecified atom stereocenters. The summed E-state index contributed by atoms with van der Waals surface area (Å²) >= 11 is 1.65. The summed E-state index contributed by atoms with van der Waals surface area (Å²) in [6.07, 6.45) is 10.9. The van der Waals surface area contributed by atoms with Crippen LogP contribution in [0.1, 0.15) is 58.9 Å². The Morgan fingerprint density at radius 3 is 2.69 bits per heavy atom. The van der Waals surface area contributed by atoms with E-state index in [0.29, 0.717) is 31.6 Å². The largest absolute Gasteiger partial charge is 0.348 e. The van der Waals surface area contributed by atoms with E-state index >= 15 is 0 Å². The van der Waals surface area contributed by atoms with Gasteiger partial charge in [0.1, 0.15) is 17.7 Å². The number of thiazole rings is 1. The van der Waals surface area contributed by atoms with Gasteiger partial charge in [0.15, 0.2) is 5.13 Å². The Hall–Kier alpha value is -3.00. The zero-order valence-corrected chi connectivity index (χ0v) is 21.0. The van der Waals surface area contributed by atoms with E-state index in [1.165, 1.54) is 19.3 Å². The number of alkyl halides is 1. The molecule has 1 aromatic carbocycles. The van der Waals surface area contributed by atoms with Crippen LogP contribution in [0.5, 0.6) is 0 Å². The number of imidazole rings is 1. The van der Waals surface area contributed by atoms with Crippen LogP contribution in [0.3, 0.4) is 0 Å². The van der Waals surface area contributed by atoms with E-state index in [1.54, 1.807) is 17.4 Å². The van der Waals surface area contributed by atoms with Crippen LogP contribution in [0, 0.1) is 6.92 Å².